The Labute approximate surface area is 102 Å². The van der Waals surface area contributed by atoms with E-state index in [1.165, 1.54) is 0 Å². The average molecular weight is 246 g/mol. The number of carbonyl (C=O) groups excluding carboxylic acids is 1. The van der Waals surface area contributed by atoms with Crippen LogP contribution in [0.4, 0.5) is 0 Å². The van der Waals surface area contributed by atoms with E-state index in [1.54, 1.807) is 13.8 Å². The lowest BCUT2D eigenvalue weighted by Gasteiger charge is -2.25. The van der Waals surface area contributed by atoms with Crippen molar-refractivity contribution >= 4 is 11.9 Å². The number of aliphatic carboxylic acids is 1. The first kappa shape index (κ1) is 15.9. The van der Waals surface area contributed by atoms with E-state index in [-0.39, 0.29) is 32.2 Å². The van der Waals surface area contributed by atoms with Crippen LogP contribution in [0.25, 0.3) is 0 Å². The molecule has 0 heterocycles. The minimum absolute atomic E-state index is 0.0144. The van der Waals surface area contributed by atoms with E-state index in [0.29, 0.717) is 0 Å². The van der Waals surface area contributed by atoms with Gasteiger partial charge in [-0.3, -0.25) is 9.59 Å². The summed E-state index contributed by atoms with van der Waals surface area (Å²) < 4.78 is 10.1. The highest BCUT2D eigenvalue weighted by atomic mass is 16.5. The van der Waals surface area contributed by atoms with Crippen LogP contribution < -0.4 is 0 Å². The van der Waals surface area contributed by atoms with Crippen molar-refractivity contribution < 1.29 is 24.2 Å². The highest BCUT2D eigenvalue weighted by molar-refractivity contribution is 5.99. The molecular weight excluding hydrogens is 224 g/mol. The lowest BCUT2D eigenvalue weighted by molar-refractivity contribution is -0.170. The third-order valence-corrected chi connectivity index (χ3v) is 2.66. The first-order valence-electron chi connectivity index (χ1n) is 5.93. The quantitative estimate of drug-likeness (QED) is 0.522. The van der Waals surface area contributed by atoms with E-state index >= 15 is 0 Å². The Morgan fingerprint density at radius 3 is 2.24 bits per heavy atom. The summed E-state index contributed by atoms with van der Waals surface area (Å²) in [7, 11) is 0. The smallest absolute Gasteiger partial charge is 0.323 e. The normalized spacial score (nSPS) is 14.4. The standard InChI is InChI=1S/C12H22O5/c1-5-12(10(13)14,11(15)16-6-2)7-8-17-9(3)4/h9H,5-8H2,1-4H3,(H,13,14). The Kier molecular flexibility index (Phi) is 6.80. The fraction of sp³-hybridized carbons (Fsp3) is 0.833. The zero-order chi connectivity index (χ0) is 13.5. The summed E-state index contributed by atoms with van der Waals surface area (Å²) in [6.07, 6.45) is 0.346. The molecule has 0 rings (SSSR count). The Hall–Kier alpha value is -1.10. The molecule has 0 spiro atoms. The summed E-state index contributed by atoms with van der Waals surface area (Å²) >= 11 is 0. The second kappa shape index (κ2) is 7.27. The summed E-state index contributed by atoms with van der Waals surface area (Å²) in [6.45, 7) is 7.46. The summed E-state index contributed by atoms with van der Waals surface area (Å²) in [4.78, 5) is 23.0. The van der Waals surface area contributed by atoms with Crippen LogP contribution in [-0.2, 0) is 19.1 Å². The van der Waals surface area contributed by atoms with Gasteiger partial charge in [0.05, 0.1) is 12.7 Å². The lowest BCUT2D eigenvalue weighted by atomic mass is 9.82. The highest BCUT2D eigenvalue weighted by Gasteiger charge is 2.45. The predicted octanol–water partition coefficient (Wildman–Crippen LogP) is 1.85. The molecule has 17 heavy (non-hydrogen) atoms. The van der Waals surface area contributed by atoms with Crippen molar-refractivity contribution in [1.82, 2.24) is 0 Å². The Morgan fingerprint density at radius 2 is 1.88 bits per heavy atom. The molecule has 5 nitrogen and oxygen atoms in total. The highest BCUT2D eigenvalue weighted by Crippen LogP contribution is 2.29. The number of hydrogen-bond acceptors (Lipinski definition) is 4. The topological polar surface area (TPSA) is 72.8 Å². The van der Waals surface area contributed by atoms with Crippen molar-refractivity contribution in [3.8, 4) is 0 Å². The molecule has 0 amide bonds. The van der Waals surface area contributed by atoms with Crippen molar-refractivity contribution in [1.29, 1.82) is 0 Å². The molecule has 0 bridgehead atoms. The molecule has 0 saturated heterocycles. The fourth-order valence-electron chi connectivity index (χ4n) is 1.51. The summed E-state index contributed by atoms with van der Waals surface area (Å²) in [6, 6.07) is 0. The third kappa shape index (κ3) is 4.34. The van der Waals surface area contributed by atoms with Crippen LogP contribution in [0.2, 0.25) is 0 Å². The van der Waals surface area contributed by atoms with E-state index in [4.69, 9.17) is 9.47 Å². The minimum Gasteiger partial charge on any atom is -0.480 e. The number of hydrogen-bond donors (Lipinski definition) is 1. The van der Waals surface area contributed by atoms with Gasteiger partial charge in [-0.1, -0.05) is 6.92 Å². The zero-order valence-corrected chi connectivity index (χ0v) is 11.0. The molecule has 1 N–H and O–H groups in total. The predicted molar refractivity (Wildman–Crippen MR) is 62.7 cm³/mol. The van der Waals surface area contributed by atoms with E-state index in [2.05, 4.69) is 0 Å². The molecule has 1 atom stereocenters. The summed E-state index contributed by atoms with van der Waals surface area (Å²) in [5, 5.41) is 9.23. The first-order valence-corrected chi connectivity index (χ1v) is 5.93. The van der Waals surface area contributed by atoms with Gasteiger partial charge in [0.25, 0.3) is 0 Å². The van der Waals surface area contributed by atoms with Crippen LogP contribution in [-0.4, -0.2) is 36.4 Å². The Balaban J connectivity index is 4.71. The number of esters is 1. The van der Waals surface area contributed by atoms with Gasteiger partial charge in [-0.15, -0.1) is 0 Å². The van der Waals surface area contributed by atoms with Gasteiger partial charge in [0.2, 0.25) is 0 Å². The van der Waals surface area contributed by atoms with Crippen LogP contribution in [0.5, 0.6) is 0 Å². The maximum absolute atomic E-state index is 11.8. The molecule has 0 aliphatic carbocycles. The van der Waals surface area contributed by atoms with Crippen molar-refractivity contribution in [2.45, 2.75) is 46.6 Å². The number of carbonyl (C=O) groups is 2. The Morgan fingerprint density at radius 1 is 1.29 bits per heavy atom. The molecule has 0 saturated carbocycles. The van der Waals surface area contributed by atoms with Gasteiger partial charge >= 0.3 is 11.9 Å². The van der Waals surface area contributed by atoms with Gasteiger partial charge in [0.15, 0.2) is 5.41 Å². The SMILES string of the molecule is CCOC(=O)C(CC)(CCOC(C)C)C(=O)O. The first-order chi connectivity index (χ1) is 7.90. The van der Waals surface area contributed by atoms with Gasteiger partial charge in [-0.05, 0) is 33.6 Å². The van der Waals surface area contributed by atoms with Gasteiger partial charge in [-0.25, -0.2) is 0 Å². The van der Waals surface area contributed by atoms with Crippen molar-refractivity contribution in [3.05, 3.63) is 0 Å². The molecule has 0 radical (unpaired) electrons. The molecule has 0 aromatic heterocycles. The van der Waals surface area contributed by atoms with Crippen molar-refractivity contribution in [2.75, 3.05) is 13.2 Å². The number of ether oxygens (including phenoxy) is 2. The van der Waals surface area contributed by atoms with Crippen LogP contribution >= 0.6 is 0 Å². The second-order valence-corrected chi connectivity index (χ2v) is 4.13. The molecule has 0 fully saturated rings. The molecular formula is C12H22O5. The molecule has 0 aromatic rings. The molecule has 5 heteroatoms. The largest absolute Gasteiger partial charge is 0.480 e. The van der Waals surface area contributed by atoms with Crippen LogP contribution in [0.1, 0.15) is 40.5 Å². The van der Waals surface area contributed by atoms with Crippen LogP contribution in [0.3, 0.4) is 0 Å². The third-order valence-electron chi connectivity index (χ3n) is 2.66. The van der Waals surface area contributed by atoms with Gasteiger partial charge in [0.1, 0.15) is 0 Å². The van der Waals surface area contributed by atoms with Gasteiger partial charge < -0.3 is 14.6 Å². The van der Waals surface area contributed by atoms with Crippen molar-refractivity contribution in [2.24, 2.45) is 5.41 Å². The lowest BCUT2D eigenvalue weighted by Crippen LogP contribution is -2.41. The molecule has 100 valence electrons. The van der Waals surface area contributed by atoms with E-state index in [1.807, 2.05) is 13.8 Å². The van der Waals surface area contributed by atoms with Crippen LogP contribution in [0, 0.1) is 5.41 Å². The molecule has 0 aromatic carbocycles. The number of rotatable bonds is 8. The van der Waals surface area contributed by atoms with Crippen LogP contribution in [0.15, 0.2) is 0 Å². The second-order valence-electron chi connectivity index (χ2n) is 4.13. The zero-order valence-electron chi connectivity index (χ0n) is 11.0. The van der Waals surface area contributed by atoms with E-state index in [9.17, 15) is 14.7 Å². The van der Waals surface area contributed by atoms with E-state index in [0.717, 1.165) is 0 Å². The maximum atomic E-state index is 11.8. The number of carboxylic acids is 1. The monoisotopic (exact) mass is 246 g/mol. The maximum Gasteiger partial charge on any atom is 0.323 e. The molecule has 0 aliphatic heterocycles. The minimum atomic E-state index is -1.48. The fourth-order valence-corrected chi connectivity index (χ4v) is 1.51. The number of carboxylic acid groups (broad SMARTS) is 1. The molecule has 1 unspecified atom stereocenters. The molecule has 0 aliphatic rings. The van der Waals surface area contributed by atoms with E-state index < -0.39 is 17.4 Å². The van der Waals surface area contributed by atoms with Gasteiger partial charge in [0, 0.05) is 6.61 Å². The Bertz CT molecular complexity index is 262. The summed E-state index contributed by atoms with van der Waals surface area (Å²) in [5.74, 6) is -1.83. The van der Waals surface area contributed by atoms with Crippen molar-refractivity contribution in [3.63, 3.8) is 0 Å². The summed E-state index contributed by atoms with van der Waals surface area (Å²) in [5.41, 5.74) is -1.48. The van der Waals surface area contributed by atoms with Gasteiger partial charge in [-0.2, -0.15) is 0 Å². The average Bonchev–Trinajstić information content (AvgIpc) is 2.24.